The molecule has 37 heavy (non-hydrogen) atoms. The van der Waals surface area contributed by atoms with E-state index in [0.29, 0.717) is 42.7 Å². The topological polar surface area (TPSA) is 94.8 Å². The van der Waals surface area contributed by atoms with Gasteiger partial charge < -0.3 is 30.6 Å². The van der Waals surface area contributed by atoms with E-state index in [2.05, 4.69) is 55.7 Å². The van der Waals surface area contributed by atoms with Crippen molar-refractivity contribution in [3.8, 4) is 11.5 Å². The number of aryl methyl sites for hydroxylation is 1. The maximum Gasteiger partial charge on any atom is 0.313 e. The molecule has 0 aromatic heterocycles. The minimum atomic E-state index is -0.617. The lowest BCUT2D eigenvalue weighted by Gasteiger charge is -2.25. The Labute approximate surface area is 227 Å². The summed E-state index contributed by atoms with van der Waals surface area (Å²) in [6.07, 6.45) is 0.763. The zero-order chi connectivity index (χ0) is 27.6. The number of carbonyl (C=O) groups is 1. The van der Waals surface area contributed by atoms with Crippen LogP contribution in [-0.2, 0) is 27.9 Å². The molecular weight excluding hydrogens is 486 g/mol. The molecule has 0 spiro atoms. The van der Waals surface area contributed by atoms with Crippen molar-refractivity contribution in [2.24, 2.45) is 11.1 Å². The van der Waals surface area contributed by atoms with E-state index in [0.717, 1.165) is 12.0 Å². The molecule has 1 atom stereocenters. The number of nitrogens with two attached hydrogens (primary N) is 1. The molecule has 0 fully saturated rings. The summed E-state index contributed by atoms with van der Waals surface area (Å²) in [5, 5.41) is 6.76. The highest BCUT2D eigenvalue weighted by molar-refractivity contribution is 7.80. The third-order valence-electron chi connectivity index (χ3n) is 5.73. The van der Waals surface area contributed by atoms with E-state index in [1.165, 1.54) is 11.1 Å². The molecule has 0 heterocycles. The van der Waals surface area contributed by atoms with E-state index in [9.17, 15) is 4.79 Å². The largest absolute Gasteiger partial charge is 0.493 e. The second kappa shape index (κ2) is 13.6. The highest BCUT2D eigenvalue weighted by Crippen LogP contribution is 2.28. The summed E-state index contributed by atoms with van der Waals surface area (Å²) >= 11 is 5.53. The van der Waals surface area contributed by atoms with E-state index >= 15 is 0 Å². The maximum absolute atomic E-state index is 12.6. The molecule has 2 aromatic carbocycles. The van der Waals surface area contributed by atoms with Gasteiger partial charge in [0, 0.05) is 19.5 Å². The minimum absolute atomic E-state index is 0.102. The van der Waals surface area contributed by atoms with Gasteiger partial charge in [0.1, 0.15) is 6.61 Å². The number of esters is 1. The van der Waals surface area contributed by atoms with E-state index in [-0.39, 0.29) is 11.4 Å². The Morgan fingerprint density at radius 1 is 1.00 bits per heavy atom. The Bertz CT molecular complexity index is 1030. The number of methoxy groups -OCH3 is 1. The Morgan fingerprint density at radius 3 is 2.22 bits per heavy atom. The summed E-state index contributed by atoms with van der Waals surface area (Å²) in [5.74, 6) is 0.983. The van der Waals surface area contributed by atoms with Crippen LogP contribution in [0.2, 0.25) is 0 Å². The predicted molar refractivity (Wildman–Crippen MR) is 153 cm³/mol. The molecule has 2 aromatic rings. The molecule has 0 aliphatic heterocycles. The smallest absolute Gasteiger partial charge is 0.313 e. The summed E-state index contributed by atoms with van der Waals surface area (Å²) in [5.41, 5.74) is 8.42. The van der Waals surface area contributed by atoms with Gasteiger partial charge >= 0.3 is 5.97 Å². The van der Waals surface area contributed by atoms with Crippen LogP contribution in [-0.4, -0.2) is 37.6 Å². The number of thiocarbonyl (C=S) groups is 1. The van der Waals surface area contributed by atoms with E-state index < -0.39 is 11.6 Å². The lowest BCUT2D eigenvalue weighted by Crippen LogP contribution is -2.45. The molecule has 0 aliphatic rings. The number of rotatable bonds is 11. The second-order valence-electron chi connectivity index (χ2n) is 11.1. The first kappa shape index (κ1) is 30.4. The SMILES string of the molecule is COc1cc(CNC(=S)NC(CCc2ccc(C(C)(C)C)cc2)OC(=O)C(C)(C)C)ccc1OCCN. The Balaban J connectivity index is 2.02. The van der Waals surface area contributed by atoms with Crippen molar-refractivity contribution in [2.75, 3.05) is 20.3 Å². The number of hydrogen-bond donors (Lipinski definition) is 3. The second-order valence-corrected chi connectivity index (χ2v) is 11.5. The summed E-state index contributed by atoms with van der Waals surface area (Å²) in [6, 6.07) is 14.3. The lowest BCUT2D eigenvalue weighted by atomic mass is 9.86. The highest BCUT2D eigenvalue weighted by atomic mass is 32.1. The van der Waals surface area contributed by atoms with Gasteiger partial charge in [-0.05, 0) is 73.6 Å². The molecule has 0 aliphatic carbocycles. The van der Waals surface area contributed by atoms with E-state index in [1.54, 1.807) is 7.11 Å². The molecule has 0 amide bonds. The molecule has 0 radical (unpaired) electrons. The monoisotopic (exact) mass is 529 g/mol. The summed E-state index contributed by atoms with van der Waals surface area (Å²) in [7, 11) is 1.60. The Hall–Kier alpha value is -2.84. The number of carbonyl (C=O) groups excluding carboxylic acids is 1. The number of hydrogen-bond acceptors (Lipinski definition) is 6. The fraction of sp³-hybridized carbons (Fsp3) is 0.517. The van der Waals surface area contributed by atoms with Crippen molar-refractivity contribution in [2.45, 2.75) is 72.6 Å². The standard InChI is InChI=1S/C29H43N3O4S/c1-28(2,3)22-12-8-20(9-13-22)11-15-25(36-26(33)29(4,5)6)32-27(37)31-19-21-10-14-23(35-17-16-30)24(18-21)34-7/h8-10,12-14,18,25H,11,15-17,19,30H2,1-7H3,(H2,31,32,37). The van der Waals surface area contributed by atoms with Gasteiger partial charge in [-0.25, -0.2) is 0 Å². The molecule has 204 valence electrons. The fourth-order valence-corrected chi connectivity index (χ4v) is 3.63. The van der Waals surface area contributed by atoms with E-state index in [1.807, 2.05) is 39.0 Å². The number of nitrogens with one attached hydrogen (secondary N) is 2. The lowest BCUT2D eigenvalue weighted by molar-refractivity contribution is -0.159. The van der Waals surface area contributed by atoms with Gasteiger partial charge in [0.15, 0.2) is 22.8 Å². The highest BCUT2D eigenvalue weighted by Gasteiger charge is 2.27. The van der Waals surface area contributed by atoms with Crippen LogP contribution < -0.4 is 25.8 Å². The van der Waals surface area contributed by atoms with Crippen LogP contribution >= 0.6 is 12.2 Å². The Kier molecular flexibility index (Phi) is 11.2. The quantitative estimate of drug-likeness (QED) is 0.216. The summed E-state index contributed by atoms with van der Waals surface area (Å²) in [6.45, 7) is 13.4. The first-order chi connectivity index (χ1) is 17.3. The molecule has 8 heteroatoms. The van der Waals surface area contributed by atoms with Crippen LogP contribution in [0.3, 0.4) is 0 Å². The van der Waals surface area contributed by atoms with Gasteiger partial charge in [0.25, 0.3) is 0 Å². The minimum Gasteiger partial charge on any atom is -0.493 e. The first-order valence-corrected chi connectivity index (χ1v) is 13.1. The molecule has 1 unspecified atom stereocenters. The van der Waals surface area contributed by atoms with Crippen LogP contribution in [0.4, 0.5) is 0 Å². The van der Waals surface area contributed by atoms with Gasteiger partial charge in [0.05, 0.1) is 12.5 Å². The predicted octanol–water partition coefficient (Wildman–Crippen LogP) is 4.84. The van der Waals surface area contributed by atoms with Crippen LogP contribution in [0, 0.1) is 5.41 Å². The molecule has 7 nitrogen and oxygen atoms in total. The number of benzene rings is 2. The van der Waals surface area contributed by atoms with Crippen molar-refractivity contribution in [1.29, 1.82) is 0 Å². The third-order valence-corrected chi connectivity index (χ3v) is 5.99. The average Bonchev–Trinajstić information content (AvgIpc) is 2.84. The van der Waals surface area contributed by atoms with Crippen molar-refractivity contribution in [1.82, 2.24) is 10.6 Å². The zero-order valence-corrected chi connectivity index (χ0v) is 24.1. The van der Waals surface area contributed by atoms with Gasteiger partial charge in [-0.2, -0.15) is 0 Å². The van der Waals surface area contributed by atoms with Gasteiger partial charge in [-0.1, -0.05) is 51.1 Å². The molecule has 0 saturated heterocycles. The molecule has 0 bridgehead atoms. The van der Waals surface area contributed by atoms with Crippen molar-refractivity contribution in [3.05, 3.63) is 59.2 Å². The van der Waals surface area contributed by atoms with Crippen LogP contribution in [0.1, 0.15) is 64.7 Å². The summed E-state index contributed by atoms with van der Waals surface area (Å²) in [4.78, 5) is 12.6. The van der Waals surface area contributed by atoms with Crippen LogP contribution in [0.15, 0.2) is 42.5 Å². The Morgan fingerprint density at radius 2 is 1.65 bits per heavy atom. The van der Waals surface area contributed by atoms with Crippen LogP contribution in [0.25, 0.3) is 0 Å². The number of ether oxygens (including phenoxy) is 3. The molecule has 2 rings (SSSR count). The molecule has 0 saturated carbocycles. The van der Waals surface area contributed by atoms with Crippen molar-refractivity contribution >= 4 is 23.3 Å². The zero-order valence-electron chi connectivity index (χ0n) is 23.3. The van der Waals surface area contributed by atoms with Gasteiger partial charge in [-0.15, -0.1) is 0 Å². The third kappa shape index (κ3) is 10.2. The molecular formula is C29H43N3O4S. The first-order valence-electron chi connectivity index (χ1n) is 12.7. The van der Waals surface area contributed by atoms with Gasteiger partial charge in [-0.3, -0.25) is 4.79 Å². The van der Waals surface area contributed by atoms with E-state index in [4.69, 9.17) is 32.2 Å². The maximum atomic E-state index is 12.6. The normalized spacial score (nSPS) is 12.4. The summed E-state index contributed by atoms with van der Waals surface area (Å²) < 4.78 is 16.8. The van der Waals surface area contributed by atoms with Crippen molar-refractivity contribution < 1.29 is 19.0 Å². The van der Waals surface area contributed by atoms with Crippen LogP contribution in [0.5, 0.6) is 11.5 Å². The van der Waals surface area contributed by atoms with Crippen molar-refractivity contribution in [3.63, 3.8) is 0 Å². The van der Waals surface area contributed by atoms with Gasteiger partial charge in [0.2, 0.25) is 0 Å². The fourth-order valence-electron chi connectivity index (χ4n) is 3.43. The molecule has 4 N–H and O–H groups in total. The average molecular weight is 530 g/mol.